The molecule has 2 unspecified atom stereocenters. The van der Waals surface area contributed by atoms with Gasteiger partial charge in [0, 0.05) is 5.38 Å². The Labute approximate surface area is 225 Å². The molecule has 4 aromatic rings. The second-order valence-electron chi connectivity index (χ2n) is 8.79. The Morgan fingerprint density at radius 3 is 2.37 bits per heavy atom. The van der Waals surface area contributed by atoms with Crippen LogP contribution in [-0.2, 0) is 38.5 Å². The first-order chi connectivity index (χ1) is 18.3. The molecular weight excluding hydrogens is 525 g/mol. The van der Waals surface area contributed by atoms with Crippen molar-refractivity contribution in [2.24, 2.45) is 5.90 Å². The molecule has 4 rings (SSSR count). The van der Waals surface area contributed by atoms with Crippen LogP contribution in [0.4, 0.5) is 4.39 Å². The zero-order chi connectivity index (χ0) is 27.1. The van der Waals surface area contributed by atoms with E-state index in [0.717, 1.165) is 28.2 Å². The highest BCUT2D eigenvalue weighted by molar-refractivity contribution is 7.86. The number of carbonyl (C=O) groups is 1. The van der Waals surface area contributed by atoms with E-state index in [1.54, 1.807) is 24.3 Å². The zero-order valence-corrected chi connectivity index (χ0v) is 22.3. The Balaban J connectivity index is 1.63. The van der Waals surface area contributed by atoms with Crippen LogP contribution in [0.3, 0.4) is 0 Å². The average molecular weight is 554 g/mol. The second-order valence-corrected chi connectivity index (χ2v) is 11.2. The zero-order valence-electron chi connectivity index (χ0n) is 20.7. The van der Waals surface area contributed by atoms with Crippen molar-refractivity contribution >= 4 is 27.4 Å². The molecular formula is C28H28FN3O4S2. The van der Waals surface area contributed by atoms with E-state index in [1.165, 1.54) is 35.6 Å². The number of halogens is 1. The van der Waals surface area contributed by atoms with E-state index >= 15 is 0 Å². The summed E-state index contributed by atoms with van der Waals surface area (Å²) in [6.45, 7) is 2.00. The molecule has 0 spiro atoms. The Bertz CT molecular complexity index is 1480. The van der Waals surface area contributed by atoms with Gasteiger partial charge in [0.15, 0.2) is 0 Å². The standard InChI is InChI=1S/C28H28FN3O4S2/c1-2-23-18-37-28(31-23)26(16-20-11-13-24(14-12-20)38(34,35)36-30)32-27(33)25(15-19-7-4-3-5-8-19)21-9-6-10-22(29)17-21/h3-14,17-18,25-26H,2,15-16,30H2,1H3,(H,32,33). The Morgan fingerprint density at radius 2 is 1.74 bits per heavy atom. The van der Waals surface area contributed by atoms with Crippen LogP contribution < -0.4 is 11.2 Å². The van der Waals surface area contributed by atoms with Crippen LogP contribution in [0.1, 0.15) is 46.3 Å². The molecule has 0 aliphatic rings. The molecule has 1 heterocycles. The number of aryl methyl sites for hydroxylation is 1. The number of nitrogens with one attached hydrogen (secondary N) is 1. The molecule has 10 heteroatoms. The summed E-state index contributed by atoms with van der Waals surface area (Å²) in [6.07, 6.45) is 1.52. The maximum absolute atomic E-state index is 14.1. The van der Waals surface area contributed by atoms with E-state index in [-0.39, 0.29) is 10.8 Å². The number of hydrogen-bond acceptors (Lipinski definition) is 7. The van der Waals surface area contributed by atoms with Gasteiger partial charge in [-0.25, -0.2) is 9.37 Å². The number of nitrogens with zero attached hydrogens (tertiary/aromatic N) is 1. The maximum atomic E-state index is 14.1. The number of aromatic nitrogens is 1. The van der Waals surface area contributed by atoms with Gasteiger partial charge in [0.1, 0.15) is 10.8 Å². The smallest absolute Gasteiger partial charge is 0.312 e. The number of carbonyl (C=O) groups excluding carboxylic acids is 1. The number of hydrogen-bond donors (Lipinski definition) is 2. The summed E-state index contributed by atoms with van der Waals surface area (Å²) in [7, 11) is -4.02. The highest BCUT2D eigenvalue weighted by Gasteiger charge is 2.26. The summed E-state index contributed by atoms with van der Waals surface area (Å²) in [5.74, 6) is 3.58. The lowest BCUT2D eigenvalue weighted by Crippen LogP contribution is -2.35. The lowest BCUT2D eigenvalue weighted by molar-refractivity contribution is -0.123. The summed E-state index contributed by atoms with van der Waals surface area (Å²) >= 11 is 1.45. The van der Waals surface area contributed by atoms with Crippen molar-refractivity contribution in [1.82, 2.24) is 10.3 Å². The molecule has 0 bridgehead atoms. The summed E-state index contributed by atoms with van der Waals surface area (Å²) in [5.41, 5.74) is 3.23. The maximum Gasteiger partial charge on any atom is 0.312 e. The van der Waals surface area contributed by atoms with Gasteiger partial charge >= 0.3 is 10.1 Å². The first kappa shape index (κ1) is 27.6. The third-order valence-electron chi connectivity index (χ3n) is 6.18. The second kappa shape index (κ2) is 12.4. The van der Waals surface area contributed by atoms with Crippen LogP contribution in [0.25, 0.3) is 0 Å². The minimum atomic E-state index is -4.02. The fraction of sp³-hybridized carbons (Fsp3) is 0.214. The van der Waals surface area contributed by atoms with Crippen molar-refractivity contribution in [1.29, 1.82) is 0 Å². The molecule has 1 aromatic heterocycles. The van der Waals surface area contributed by atoms with Crippen LogP contribution in [0, 0.1) is 5.82 Å². The van der Waals surface area contributed by atoms with Crippen LogP contribution in [-0.4, -0.2) is 19.3 Å². The van der Waals surface area contributed by atoms with Crippen molar-refractivity contribution in [2.75, 3.05) is 0 Å². The predicted octanol–water partition coefficient (Wildman–Crippen LogP) is 4.85. The number of amides is 1. The topological polar surface area (TPSA) is 111 Å². The molecule has 7 nitrogen and oxygen atoms in total. The summed E-state index contributed by atoms with van der Waals surface area (Å²) < 4.78 is 42.0. The fourth-order valence-corrected chi connectivity index (χ4v) is 5.67. The van der Waals surface area contributed by atoms with Gasteiger partial charge in [-0.2, -0.15) is 18.6 Å². The number of thiazole rings is 1. The van der Waals surface area contributed by atoms with Crippen molar-refractivity contribution < 1.29 is 21.9 Å². The highest BCUT2D eigenvalue weighted by atomic mass is 32.2. The van der Waals surface area contributed by atoms with Gasteiger partial charge in [0.2, 0.25) is 5.91 Å². The summed E-state index contributed by atoms with van der Waals surface area (Å²) in [6, 6.07) is 21.3. The Kier molecular flexibility index (Phi) is 9.01. The van der Waals surface area contributed by atoms with Crippen LogP contribution in [0.5, 0.6) is 0 Å². The lowest BCUT2D eigenvalue weighted by atomic mass is 9.90. The van der Waals surface area contributed by atoms with Gasteiger partial charge < -0.3 is 5.32 Å². The third kappa shape index (κ3) is 6.90. The van der Waals surface area contributed by atoms with Crippen molar-refractivity contribution in [2.45, 2.75) is 43.0 Å². The van der Waals surface area contributed by atoms with Gasteiger partial charge in [-0.1, -0.05) is 61.5 Å². The van der Waals surface area contributed by atoms with Gasteiger partial charge in [-0.3, -0.25) is 4.79 Å². The van der Waals surface area contributed by atoms with E-state index in [9.17, 15) is 17.6 Å². The van der Waals surface area contributed by atoms with E-state index in [2.05, 4.69) is 14.6 Å². The molecule has 0 fully saturated rings. The lowest BCUT2D eigenvalue weighted by Gasteiger charge is -2.22. The fourth-order valence-electron chi connectivity index (χ4n) is 4.14. The van der Waals surface area contributed by atoms with Gasteiger partial charge in [-0.05, 0) is 60.2 Å². The first-order valence-electron chi connectivity index (χ1n) is 12.1. The molecule has 2 atom stereocenters. The Morgan fingerprint density at radius 1 is 1.03 bits per heavy atom. The van der Waals surface area contributed by atoms with Crippen molar-refractivity contribution in [3.63, 3.8) is 0 Å². The monoisotopic (exact) mass is 553 g/mol. The molecule has 198 valence electrons. The highest BCUT2D eigenvalue weighted by Crippen LogP contribution is 2.27. The molecule has 0 saturated heterocycles. The van der Waals surface area contributed by atoms with Crippen molar-refractivity contribution in [3.8, 4) is 0 Å². The largest absolute Gasteiger partial charge is 0.346 e. The number of nitrogens with two attached hydrogens (primary N) is 1. The molecule has 38 heavy (non-hydrogen) atoms. The summed E-state index contributed by atoms with van der Waals surface area (Å²) in [5, 5.41) is 5.82. The molecule has 3 aromatic carbocycles. The molecule has 0 radical (unpaired) electrons. The van der Waals surface area contributed by atoms with Crippen LogP contribution in [0.15, 0.2) is 89.1 Å². The van der Waals surface area contributed by atoms with Crippen LogP contribution >= 0.6 is 11.3 Å². The van der Waals surface area contributed by atoms with Crippen molar-refractivity contribution in [3.05, 3.63) is 117 Å². The molecule has 0 aliphatic heterocycles. The average Bonchev–Trinajstić information content (AvgIpc) is 3.42. The molecule has 0 aliphatic carbocycles. The number of rotatable bonds is 11. The van der Waals surface area contributed by atoms with Crippen LogP contribution in [0.2, 0.25) is 0 Å². The Hall–Kier alpha value is -3.44. The normalized spacial score (nSPS) is 13.1. The minimum Gasteiger partial charge on any atom is -0.346 e. The SMILES string of the molecule is CCc1csc(C(Cc2ccc(S(=O)(=O)ON)cc2)NC(=O)C(Cc2ccccc2)c2cccc(F)c2)n1. The van der Waals surface area contributed by atoms with Gasteiger partial charge in [0.05, 0.1) is 22.5 Å². The quantitative estimate of drug-likeness (QED) is 0.257. The van der Waals surface area contributed by atoms with E-state index in [4.69, 9.17) is 5.90 Å². The predicted molar refractivity (Wildman–Crippen MR) is 144 cm³/mol. The van der Waals surface area contributed by atoms with E-state index in [1.807, 2.05) is 42.6 Å². The molecule has 0 saturated carbocycles. The minimum absolute atomic E-state index is 0.0686. The van der Waals surface area contributed by atoms with Gasteiger partial charge in [0.25, 0.3) is 0 Å². The van der Waals surface area contributed by atoms with E-state index in [0.29, 0.717) is 18.4 Å². The third-order valence-corrected chi connectivity index (χ3v) is 8.29. The summed E-state index contributed by atoms with van der Waals surface area (Å²) in [4.78, 5) is 18.4. The molecule has 1 amide bonds. The van der Waals surface area contributed by atoms with E-state index < -0.39 is 27.9 Å². The number of benzene rings is 3. The van der Waals surface area contributed by atoms with Gasteiger partial charge in [-0.15, -0.1) is 11.3 Å². The first-order valence-corrected chi connectivity index (χ1v) is 14.3. The molecule has 3 N–H and O–H groups in total.